The standard InChI is InChI=1S/C21H29N3O5S/c1-21(2,3)29-20(26)23-18(19(25)27-4)10-16-11-24(13-22-16)14-28-12-15-6-8-17(30-5)9-7-15/h6-9,11,13,18H,10,12,14H2,1-5H3,(H,23,26)/t18-/m0/s1. The fourth-order valence-corrected chi connectivity index (χ4v) is 2.98. The summed E-state index contributed by atoms with van der Waals surface area (Å²) in [4.78, 5) is 29.5. The van der Waals surface area contributed by atoms with E-state index < -0.39 is 23.7 Å². The molecule has 2 rings (SSSR count). The van der Waals surface area contributed by atoms with Crippen molar-refractivity contribution in [2.45, 2.75) is 57.1 Å². The predicted octanol–water partition coefficient (Wildman–Crippen LogP) is 3.39. The largest absolute Gasteiger partial charge is 0.467 e. The Morgan fingerprint density at radius 1 is 1.23 bits per heavy atom. The van der Waals surface area contributed by atoms with Gasteiger partial charge >= 0.3 is 12.1 Å². The second-order valence-corrected chi connectivity index (χ2v) is 8.51. The highest BCUT2D eigenvalue weighted by molar-refractivity contribution is 7.98. The first-order valence-corrected chi connectivity index (χ1v) is 10.7. The summed E-state index contributed by atoms with van der Waals surface area (Å²) in [5.74, 6) is -0.569. The van der Waals surface area contributed by atoms with Gasteiger partial charge in [-0.15, -0.1) is 11.8 Å². The van der Waals surface area contributed by atoms with E-state index in [1.165, 1.54) is 12.0 Å². The van der Waals surface area contributed by atoms with Crippen LogP contribution in [0.3, 0.4) is 0 Å². The van der Waals surface area contributed by atoms with Crippen molar-refractivity contribution in [2.24, 2.45) is 0 Å². The van der Waals surface area contributed by atoms with Crippen LogP contribution in [0, 0.1) is 0 Å². The third kappa shape index (κ3) is 8.08. The van der Waals surface area contributed by atoms with E-state index >= 15 is 0 Å². The molecule has 9 heteroatoms. The zero-order chi connectivity index (χ0) is 22.1. The second kappa shape index (κ2) is 11.0. The molecule has 1 aromatic carbocycles. The Labute approximate surface area is 181 Å². The number of rotatable bonds is 9. The molecule has 0 unspecified atom stereocenters. The van der Waals surface area contributed by atoms with E-state index in [0.717, 1.165) is 5.56 Å². The summed E-state index contributed by atoms with van der Waals surface area (Å²) >= 11 is 1.70. The zero-order valence-corrected chi connectivity index (χ0v) is 18.8. The summed E-state index contributed by atoms with van der Waals surface area (Å²) in [6.45, 7) is 6.04. The quantitative estimate of drug-likeness (QED) is 0.477. The van der Waals surface area contributed by atoms with Crippen LogP contribution in [0.4, 0.5) is 4.79 Å². The zero-order valence-electron chi connectivity index (χ0n) is 18.0. The molecule has 1 aromatic heterocycles. The van der Waals surface area contributed by atoms with Crippen molar-refractivity contribution in [2.75, 3.05) is 13.4 Å². The minimum Gasteiger partial charge on any atom is -0.467 e. The summed E-state index contributed by atoms with van der Waals surface area (Å²) in [6.07, 6.45) is 4.91. The molecule has 2 aromatic rings. The normalized spacial score (nSPS) is 12.3. The van der Waals surface area contributed by atoms with E-state index in [0.29, 0.717) is 19.0 Å². The molecule has 164 valence electrons. The van der Waals surface area contributed by atoms with Gasteiger partial charge in [-0.2, -0.15) is 0 Å². The van der Waals surface area contributed by atoms with E-state index in [4.69, 9.17) is 14.2 Å². The van der Waals surface area contributed by atoms with Crippen LogP contribution < -0.4 is 5.32 Å². The van der Waals surface area contributed by atoms with E-state index in [9.17, 15) is 9.59 Å². The first kappa shape index (κ1) is 23.8. The number of nitrogens with zero attached hydrogens (tertiary/aromatic N) is 2. The number of esters is 1. The minimum atomic E-state index is -0.899. The number of alkyl carbamates (subject to hydrolysis) is 1. The molecular formula is C21H29N3O5S. The first-order chi connectivity index (χ1) is 14.2. The second-order valence-electron chi connectivity index (χ2n) is 7.63. The first-order valence-electron chi connectivity index (χ1n) is 9.49. The number of imidazole rings is 1. The number of methoxy groups -OCH3 is 1. The molecule has 0 radical (unpaired) electrons. The topological polar surface area (TPSA) is 91.7 Å². The summed E-state index contributed by atoms with van der Waals surface area (Å²) in [7, 11) is 1.27. The van der Waals surface area contributed by atoms with E-state index in [2.05, 4.69) is 22.4 Å². The SMILES string of the molecule is COC(=O)[C@H](Cc1cn(COCc2ccc(SC)cc2)cn1)NC(=O)OC(C)(C)C. The number of hydrogen-bond acceptors (Lipinski definition) is 7. The van der Waals surface area contributed by atoms with E-state index in [-0.39, 0.29) is 6.42 Å². The molecule has 30 heavy (non-hydrogen) atoms. The molecule has 0 aliphatic carbocycles. The Balaban J connectivity index is 1.88. The predicted molar refractivity (Wildman–Crippen MR) is 114 cm³/mol. The van der Waals surface area contributed by atoms with Crippen LogP contribution in [0.2, 0.25) is 0 Å². The number of amides is 1. The van der Waals surface area contributed by atoms with E-state index in [1.54, 1.807) is 49.6 Å². The Kier molecular flexibility index (Phi) is 8.73. The highest BCUT2D eigenvalue weighted by Gasteiger charge is 2.26. The van der Waals surface area contributed by atoms with Crippen molar-refractivity contribution in [3.05, 3.63) is 48.0 Å². The van der Waals surface area contributed by atoms with Crippen molar-refractivity contribution in [3.63, 3.8) is 0 Å². The van der Waals surface area contributed by atoms with Crippen LogP contribution in [-0.2, 0) is 38.8 Å². The van der Waals surface area contributed by atoms with Gasteiger partial charge in [0.15, 0.2) is 0 Å². The molecule has 0 spiro atoms. The van der Waals surface area contributed by atoms with Crippen molar-refractivity contribution < 1.29 is 23.8 Å². The number of hydrogen-bond donors (Lipinski definition) is 1. The Morgan fingerprint density at radius 2 is 1.93 bits per heavy atom. The molecule has 0 saturated carbocycles. The van der Waals surface area contributed by atoms with Gasteiger partial charge in [-0.1, -0.05) is 12.1 Å². The molecule has 8 nitrogen and oxygen atoms in total. The van der Waals surface area contributed by atoms with Crippen molar-refractivity contribution >= 4 is 23.8 Å². The third-order valence-electron chi connectivity index (χ3n) is 3.94. The average Bonchev–Trinajstić information content (AvgIpc) is 3.13. The van der Waals surface area contributed by atoms with Crippen molar-refractivity contribution in [1.29, 1.82) is 0 Å². The number of ether oxygens (including phenoxy) is 3. The lowest BCUT2D eigenvalue weighted by Crippen LogP contribution is -2.45. The molecule has 0 bridgehead atoms. The van der Waals surface area contributed by atoms with Gasteiger partial charge in [0, 0.05) is 17.5 Å². The summed E-state index contributed by atoms with van der Waals surface area (Å²) < 4.78 is 17.5. The number of carbonyl (C=O) groups is 2. The fourth-order valence-electron chi connectivity index (χ4n) is 2.57. The maximum atomic E-state index is 12.0. The molecule has 1 atom stereocenters. The van der Waals surface area contributed by atoms with Gasteiger partial charge in [-0.25, -0.2) is 14.6 Å². The summed E-state index contributed by atoms with van der Waals surface area (Å²) in [6, 6.07) is 7.29. The number of nitrogens with one attached hydrogen (secondary N) is 1. The Hall–Kier alpha value is -2.52. The van der Waals surface area contributed by atoms with Gasteiger partial charge in [0.1, 0.15) is 18.4 Å². The molecule has 1 amide bonds. The molecule has 0 fully saturated rings. The van der Waals surface area contributed by atoms with Crippen LogP contribution in [0.5, 0.6) is 0 Å². The van der Waals surface area contributed by atoms with E-state index in [1.807, 2.05) is 18.4 Å². The maximum Gasteiger partial charge on any atom is 0.408 e. The molecule has 1 N–H and O–H groups in total. The molecule has 0 aliphatic heterocycles. The minimum absolute atomic E-state index is 0.176. The number of benzene rings is 1. The molecule has 1 heterocycles. The summed E-state index contributed by atoms with van der Waals surface area (Å²) in [5, 5.41) is 2.54. The average molecular weight is 436 g/mol. The van der Waals surface area contributed by atoms with Crippen LogP contribution in [0.15, 0.2) is 41.7 Å². The highest BCUT2D eigenvalue weighted by atomic mass is 32.2. The van der Waals surface area contributed by atoms with Crippen LogP contribution in [-0.4, -0.2) is 46.6 Å². The van der Waals surface area contributed by atoms with Crippen molar-refractivity contribution in [3.8, 4) is 0 Å². The summed E-state index contributed by atoms with van der Waals surface area (Å²) in [5.41, 5.74) is 1.04. The number of thioether (sulfide) groups is 1. The fraction of sp³-hybridized carbons (Fsp3) is 0.476. The Bertz CT molecular complexity index is 830. The van der Waals surface area contributed by atoms with Gasteiger partial charge in [0.05, 0.1) is 25.7 Å². The van der Waals surface area contributed by atoms with Crippen LogP contribution in [0.25, 0.3) is 0 Å². The lowest BCUT2D eigenvalue weighted by molar-refractivity contribution is -0.143. The smallest absolute Gasteiger partial charge is 0.408 e. The lowest BCUT2D eigenvalue weighted by atomic mass is 10.1. The molecular weight excluding hydrogens is 406 g/mol. The maximum absolute atomic E-state index is 12.0. The van der Waals surface area contributed by atoms with Crippen LogP contribution in [0.1, 0.15) is 32.0 Å². The molecule has 0 aliphatic rings. The Morgan fingerprint density at radius 3 is 2.53 bits per heavy atom. The van der Waals surface area contributed by atoms with Gasteiger partial charge in [0.25, 0.3) is 0 Å². The monoisotopic (exact) mass is 435 g/mol. The van der Waals surface area contributed by atoms with Gasteiger partial charge in [-0.05, 0) is 44.7 Å². The van der Waals surface area contributed by atoms with Crippen LogP contribution >= 0.6 is 11.8 Å². The van der Waals surface area contributed by atoms with Crippen molar-refractivity contribution in [1.82, 2.24) is 14.9 Å². The lowest BCUT2D eigenvalue weighted by Gasteiger charge is -2.22. The van der Waals surface area contributed by atoms with Gasteiger partial charge in [0.2, 0.25) is 0 Å². The van der Waals surface area contributed by atoms with Gasteiger partial charge < -0.3 is 24.1 Å². The number of carbonyl (C=O) groups excluding carboxylic acids is 2. The number of aromatic nitrogens is 2. The van der Waals surface area contributed by atoms with Gasteiger partial charge in [-0.3, -0.25) is 0 Å². The molecule has 0 saturated heterocycles. The third-order valence-corrected chi connectivity index (χ3v) is 4.69. The highest BCUT2D eigenvalue weighted by Crippen LogP contribution is 2.15.